The second-order valence-corrected chi connectivity index (χ2v) is 5.47. The smallest absolute Gasteiger partial charge is 0.176 e. The van der Waals surface area contributed by atoms with Gasteiger partial charge in [0.15, 0.2) is 19.0 Å². The van der Waals surface area contributed by atoms with E-state index in [-0.39, 0.29) is 0 Å². The molecule has 0 aliphatic rings. The summed E-state index contributed by atoms with van der Waals surface area (Å²) in [4.78, 5) is 9.86. The van der Waals surface area contributed by atoms with Crippen LogP contribution >= 0.6 is 11.6 Å². The summed E-state index contributed by atoms with van der Waals surface area (Å²) < 4.78 is 0. The minimum Gasteiger partial charge on any atom is -0.389 e. The average Bonchev–Trinajstić information content (AvgIpc) is 2.49. The number of halogens is 1. The van der Waals surface area contributed by atoms with Gasteiger partial charge in [-0.2, -0.15) is 0 Å². The monoisotopic (exact) mass is 305 g/mol. The number of quaternary nitrogens is 1. The van der Waals surface area contributed by atoms with E-state index in [1.54, 1.807) is 0 Å². The lowest BCUT2D eigenvalue weighted by Crippen LogP contribution is -3.06. The van der Waals surface area contributed by atoms with Gasteiger partial charge in [0, 0.05) is 16.7 Å². The van der Waals surface area contributed by atoms with Crippen molar-refractivity contribution in [1.29, 1.82) is 0 Å². The molecule has 0 atom stereocenters. The number of nitrogens with one attached hydrogen (secondary N) is 2. The van der Waals surface area contributed by atoms with Gasteiger partial charge in [0.25, 0.3) is 0 Å². The number of nitrogens with zero attached hydrogens (tertiary/aromatic N) is 1. The molecule has 0 bridgehead atoms. The molecule has 0 aliphatic carbocycles. The van der Waals surface area contributed by atoms with Crippen LogP contribution < -0.4 is 9.88 Å². The lowest BCUT2D eigenvalue weighted by molar-refractivity contribution is -0.858. The second kappa shape index (κ2) is 7.76. The molecule has 0 unspecified atom stereocenters. The Morgan fingerprint density at radius 1 is 1.19 bits per heavy atom. The van der Waals surface area contributed by atoms with Gasteiger partial charge in [-0.1, -0.05) is 28.9 Å². The highest BCUT2D eigenvalue weighted by atomic mass is 35.5. The standard InChI is InChI=1S/C16H18ClN3O/c1-20(2)10-11-21-19-16(14-4-3-9-18-12-14)13-5-7-15(17)8-6-13/h3-9,12H,10-11H2,1-2H3/p+2/b19-16+. The van der Waals surface area contributed by atoms with Gasteiger partial charge in [0.1, 0.15) is 12.3 Å². The maximum Gasteiger partial charge on any atom is 0.176 e. The number of aromatic nitrogens is 1. The van der Waals surface area contributed by atoms with E-state index < -0.39 is 0 Å². The van der Waals surface area contributed by atoms with Crippen LogP contribution in [-0.4, -0.2) is 33.0 Å². The first-order chi connectivity index (χ1) is 10.2. The van der Waals surface area contributed by atoms with Crippen molar-refractivity contribution in [2.45, 2.75) is 0 Å². The van der Waals surface area contributed by atoms with Crippen LogP contribution in [0.5, 0.6) is 0 Å². The quantitative estimate of drug-likeness (QED) is 0.484. The fourth-order valence-corrected chi connectivity index (χ4v) is 1.91. The molecule has 2 rings (SSSR count). The summed E-state index contributed by atoms with van der Waals surface area (Å²) in [6.07, 6.45) is 3.76. The second-order valence-electron chi connectivity index (χ2n) is 5.03. The topological polar surface area (TPSA) is 40.2 Å². The van der Waals surface area contributed by atoms with Crippen LogP contribution in [0, 0.1) is 0 Å². The largest absolute Gasteiger partial charge is 0.389 e. The number of pyridine rings is 1. The van der Waals surface area contributed by atoms with Crippen LogP contribution in [0.25, 0.3) is 0 Å². The molecular formula is C16H20ClN3O+2. The summed E-state index contributed by atoms with van der Waals surface area (Å²) in [5, 5.41) is 5.01. The van der Waals surface area contributed by atoms with E-state index in [0.29, 0.717) is 11.6 Å². The van der Waals surface area contributed by atoms with Gasteiger partial charge in [0.2, 0.25) is 0 Å². The van der Waals surface area contributed by atoms with Gasteiger partial charge < -0.3 is 9.74 Å². The molecule has 0 spiro atoms. The Morgan fingerprint density at radius 2 is 1.95 bits per heavy atom. The summed E-state index contributed by atoms with van der Waals surface area (Å²) >= 11 is 5.94. The van der Waals surface area contributed by atoms with E-state index in [0.717, 1.165) is 23.4 Å². The molecule has 0 saturated heterocycles. The van der Waals surface area contributed by atoms with Crippen molar-refractivity contribution < 1.29 is 14.7 Å². The molecular weight excluding hydrogens is 286 g/mol. The SMILES string of the molecule is C[NH+](C)CCO/N=C(\c1ccc(Cl)cc1)c1ccc[nH+]c1. The number of oxime groups is 1. The molecule has 0 radical (unpaired) electrons. The summed E-state index contributed by atoms with van der Waals surface area (Å²) in [5.41, 5.74) is 2.73. The van der Waals surface area contributed by atoms with Crippen LogP contribution in [-0.2, 0) is 4.84 Å². The van der Waals surface area contributed by atoms with Crippen molar-refractivity contribution >= 4 is 17.3 Å². The van der Waals surface area contributed by atoms with E-state index in [1.807, 2.05) is 48.8 Å². The molecule has 0 aliphatic heterocycles. The number of hydrogen-bond acceptors (Lipinski definition) is 2. The first-order valence-corrected chi connectivity index (χ1v) is 7.26. The predicted octanol–water partition coefficient (Wildman–Crippen LogP) is 1.07. The molecule has 5 heteroatoms. The minimum atomic E-state index is 0.579. The number of H-pyrrole nitrogens is 1. The van der Waals surface area contributed by atoms with E-state index in [4.69, 9.17) is 16.4 Å². The number of aromatic amines is 1. The van der Waals surface area contributed by atoms with Crippen molar-refractivity contribution in [3.63, 3.8) is 0 Å². The Labute approximate surface area is 130 Å². The molecule has 2 N–H and O–H groups in total. The molecule has 110 valence electrons. The van der Waals surface area contributed by atoms with Crippen LogP contribution in [0.4, 0.5) is 0 Å². The lowest BCUT2D eigenvalue weighted by Gasteiger charge is -2.08. The van der Waals surface area contributed by atoms with Crippen LogP contribution in [0.1, 0.15) is 11.1 Å². The van der Waals surface area contributed by atoms with E-state index in [2.05, 4.69) is 24.2 Å². The Kier molecular flexibility index (Phi) is 5.72. The zero-order valence-electron chi connectivity index (χ0n) is 12.3. The Hall–Kier alpha value is -1.91. The average molecular weight is 306 g/mol. The van der Waals surface area contributed by atoms with Crippen LogP contribution in [0.3, 0.4) is 0 Å². The van der Waals surface area contributed by atoms with Crippen molar-refractivity contribution in [3.05, 3.63) is 64.9 Å². The summed E-state index contributed by atoms with van der Waals surface area (Å²) in [5.74, 6) is 0. The third-order valence-corrected chi connectivity index (χ3v) is 3.20. The Balaban J connectivity index is 2.22. The maximum atomic E-state index is 5.94. The third kappa shape index (κ3) is 4.85. The highest BCUT2D eigenvalue weighted by Gasteiger charge is 2.10. The lowest BCUT2D eigenvalue weighted by atomic mass is 10.0. The van der Waals surface area contributed by atoms with Gasteiger partial charge in [-0.3, -0.25) is 0 Å². The fraction of sp³-hybridized carbons (Fsp3) is 0.250. The van der Waals surface area contributed by atoms with Gasteiger partial charge in [-0.25, -0.2) is 4.98 Å². The van der Waals surface area contributed by atoms with Crippen molar-refractivity contribution in [1.82, 2.24) is 0 Å². The molecule has 21 heavy (non-hydrogen) atoms. The summed E-state index contributed by atoms with van der Waals surface area (Å²) in [7, 11) is 4.17. The Morgan fingerprint density at radius 3 is 2.57 bits per heavy atom. The highest BCUT2D eigenvalue weighted by molar-refractivity contribution is 6.30. The first-order valence-electron chi connectivity index (χ1n) is 6.88. The molecule has 0 saturated carbocycles. The predicted molar refractivity (Wildman–Crippen MR) is 83.7 cm³/mol. The van der Waals surface area contributed by atoms with Gasteiger partial charge in [-0.05, 0) is 18.2 Å². The van der Waals surface area contributed by atoms with Crippen LogP contribution in [0.2, 0.25) is 5.02 Å². The van der Waals surface area contributed by atoms with Crippen molar-refractivity contribution in [3.8, 4) is 0 Å². The summed E-state index contributed by atoms with van der Waals surface area (Å²) in [6, 6.07) is 11.5. The highest BCUT2D eigenvalue weighted by Crippen LogP contribution is 2.14. The third-order valence-electron chi connectivity index (χ3n) is 2.95. The number of likely N-dealkylation sites (N-methyl/N-ethyl adjacent to an activating group) is 1. The van der Waals surface area contributed by atoms with Crippen molar-refractivity contribution in [2.24, 2.45) is 5.16 Å². The van der Waals surface area contributed by atoms with E-state index >= 15 is 0 Å². The van der Waals surface area contributed by atoms with Gasteiger partial charge in [-0.15, -0.1) is 0 Å². The molecule has 0 amide bonds. The summed E-state index contributed by atoms with van der Waals surface area (Å²) in [6.45, 7) is 1.48. The van der Waals surface area contributed by atoms with Gasteiger partial charge >= 0.3 is 0 Å². The maximum absolute atomic E-state index is 5.94. The number of hydrogen-bond donors (Lipinski definition) is 1. The fourth-order valence-electron chi connectivity index (χ4n) is 1.78. The molecule has 1 aromatic carbocycles. The molecule has 1 aromatic heterocycles. The van der Waals surface area contributed by atoms with Gasteiger partial charge in [0.05, 0.1) is 19.7 Å². The van der Waals surface area contributed by atoms with Crippen LogP contribution in [0.15, 0.2) is 53.9 Å². The molecule has 4 nitrogen and oxygen atoms in total. The normalized spacial score (nSPS) is 11.7. The van der Waals surface area contributed by atoms with Crippen molar-refractivity contribution in [2.75, 3.05) is 27.2 Å². The molecule has 2 aromatic rings. The van der Waals surface area contributed by atoms with E-state index in [9.17, 15) is 0 Å². The first kappa shape index (κ1) is 15.5. The number of benzene rings is 1. The molecule has 0 fully saturated rings. The Bertz CT molecular complexity index is 582. The number of rotatable bonds is 6. The zero-order chi connectivity index (χ0) is 15.1. The van der Waals surface area contributed by atoms with E-state index in [1.165, 1.54) is 4.90 Å². The minimum absolute atomic E-state index is 0.579. The molecule has 1 heterocycles. The zero-order valence-corrected chi connectivity index (χ0v) is 13.0.